The lowest BCUT2D eigenvalue weighted by Gasteiger charge is -2.61. The van der Waals surface area contributed by atoms with Crippen LogP contribution in [0.2, 0.25) is 0 Å². The first-order valence-electron chi connectivity index (χ1n) is 29.4. The van der Waals surface area contributed by atoms with Gasteiger partial charge in [-0.05, 0) is 232 Å². The van der Waals surface area contributed by atoms with Gasteiger partial charge < -0.3 is 19.7 Å². The number of hydrogen-bond donors (Lipinski definition) is 2. The molecule has 1 aromatic rings. The lowest BCUT2D eigenvalue weighted by Crippen LogP contribution is -2.53. The van der Waals surface area contributed by atoms with Crippen LogP contribution in [-0.2, 0) is 13.2 Å². The van der Waals surface area contributed by atoms with Gasteiger partial charge in [0.25, 0.3) is 0 Å². The van der Waals surface area contributed by atoms with Crippen molar-refractivity contribution in [3.63, 3.8) is 0 Å². The molecule has 4 nitrogen and oxygen atoms in total. The van der Waals surface area contributed by atoms with Crippen LogP contribution in [0.25, 0.3) is 0 Å². The largest absolute Gasteiger partial charge is 0.493 e. The minimum atomic E-state index is -0.0957. The molecule has 1 aromatic carbocycles. The maximum absolute atomic E-state index is 10.5. The van der Waals surface area contributed by atoms with E-state index in [2.05, 4.69) is 55.4 Å². The summed E-state index contributed by atoms with van der Waals surface area (Å²) >= 11 is 0. The van der Waals surface area contributed by atoms with Gasteiger partial charge in [-0.2, -0.15) is 0 Å². The maximum Gasteiger partial charge on any atom is 0.125 e. The van der Waals surface area contributed by atoms with Crippen LogP contribution in [-0.4, -0.2) is 23.4 Å². The monoisotopic (exact) mass is 911 g/mol. The standard InChI is InChI=1S/C62H102O4/c1-41(15-13-17-43(3)51-25-27-53-49-23-21-47-19-9-11-31-59(47,5)55(49)29-33-61(51,53)7)39-65-57-35-46(38-64)58(36-45(57)37-63)66-40-42(2)16-14-18-44(4)52-26-28-54-50-24-22-48-20-10-12-32-60(48,6)56(50)30-34-62(52,54)8/h35-36,41-44,47-56,63-64H,9-34,37-40H2,1-8H3/t41?,42?,43-,44-,47?,48?,49+,50+,51-,52-,53+,54+,55+,56+,59+,60+,61-,62-/m1/s1. The zero-order valence-electron chi connectivity index (χ0n) is 44.2. The van der Waals surface area contributed by atoms with E-state index in [9.17, 15) is 10.2 Å². The second-order valence-corrected chi connectivity index (χ2v) is 27.3. The first kappa shape index (κ1) is 49.7. The number of aliphatic hydroxyl groups excluding tert-OH is 2. The van der Waals surface area contributed by atoms with Crippen LogP contribution < -0.4 is 9.47 Å². The molecule has 0 spiro atoms. The summed E-state index contributed by atoms with van der Waals surface area (Å²) in [6, 6.07) is 3.86. The van der Waals surface area contributed by atoms with E-state index in [1.807, 2.05) is 12.1 Å². The second-order valence-electron chi connectivity index (χ2n) is 27.3. The Bertz CT molecular complexity index is 1630. The van der Waals surface area contributed by atoms with Gasteiger partial charge in [0.15, 0.2) is 0 Å². The van der Waals surface area contributed by atoms with Crippen LogP contribution >= 0.6 is 0 Å². The van der Waals surface area contributed by atoms with Crippen LogP contribution in [0.15, 0.2) is 12.1 Å². The minimum Gasteiger partial charge on any atom is -0.493 e. The maximum atomic E-state index is 10.5. The Morgan fingerprint density at radius 2 is 0.879 bits per heavy atom. The van der Waals surface area contributed by atoms with E-state index in [4.69, 9.17) is 9.47 Å². The van der Waals surface area contributed by atoms with Gasteiger partial charge in [0.2, 0.25) is 0 Å². The van der Waals surface area contributed by atoms with Crippen molar-refractivity contribution in [2.24, 2.45) is 105 Å². The van der Waals surface area contributed by atoms with Gasteiger partial charge in [-0.15, -0.1) is 0 Å². The van der Waals surface area contributed by atoms with Gasteiger partial charge in [-0.25, -0.2) is 0 Å². The summed E-state index contributed by atoms with van der Waals surface area (Å²) in [5.74, 6) is 13.6. The molecule has 0 aliphatic heterocycles. The molecule has 8 aliphatic carbocycles. The summed E-state index contributed by atoms with van der Waals surface area (Å²) in [7, 11) is 0. The Morgan fingerprint density at radius 3 is 1.29 bits per heavy atom. The summed E-state index contributed by atoms with van der Waals surface area (Å²) in [5.41, 5.74) is 3.89. The second kappa shape index (κ2) is 20.5. The Labute approximate surface area is 406 Å². The third kappa shape index (κ3) is 9.26. The molecule has 374 valence electrons. The number of hydrogen-bond acceptors (Lipinski definition) is 4. The topological polar surface area (TPSA) is 58.9 Å². The highest BCUT2D eigenvalue weighted by Crippen LogP contribution is 2.70. The summed E-state index contributed by atoms with van der Waals surface area (Å²) in [5, 5.41) is 20.9. The normalized spacial score (nSPS) is 42.4. The van der Waals surface area contributed by atoms with Crippen LogP contribution in [0.3, 0.4) is 0 Å². The molecule has 0 bridgehead atoms. The van der Waals surface area contributed by atoms with Crippen LogP contribution in [0.1, 0.15) is 233 Å². The zero-order valence-corrected chi connectivity index (χ0v) is 44.2. The SMILES string of the molecule is CC(CCC[C@@H](C)[C@H]1CC[C@H]2[C@@H]3CCC4CCCC[C@]4(C)[C@H]3CC[C@]12C)COc1cc(CO)c(OCC(C)CCC[C@@H](C)[C@H]2CC[C@H]3[C@@H]4CCC5CCCC[C@]5(C)[C@H]4CC[C@]23C)cc1CO. The van der Waals surface area contributed by atoms with Crippen molar-refractivity contribution in [3.05, 3.63) is 23.3 Å². The van der Waals surface area contributed by atoms with Crippen LogP contribution in [0.4, 0.5) is 0 Å². The number of fused-ring (bicyclic) bond motifs is 10. The minimum absolute atomic E-state index is 0.0957. The van der Waals surface area contributed by atoms with Crippen LogP contribution in [0.5, 0.6) is 11.5 Å². The first-order chi connectivity index (χ1) is 31.7. The fourth-order valence-electron chi connectivity index (χ4n) is 20.3. The quantitative estimate of drug-likeness (QED) is 0.154. The van der Waals surface area contributed by atoms with Gasteiger partial charge in [0, 0.05) is 11.1 Å². The third-order valence-electron chi connectivity index (χ3n) is 24.0. The van der Waals surface area contributed by atoms with E-state index in [0.717, 1.165) is 82.1 Å². The summed E-state index contributed by atoms with van der Waals surface area (Å²) in [6.07, 6.45) is 37.4. The Kier molecular flexibility index (Phi) is 15.4. The van der Waals surface area contributed by atoms with Crippen molar-refractivity contribution >= 4 is 0 Å². The molecule has 0 amide bonds. The highest BCUT2D eigenvalue weighted by atomic mass is 16.5. The molecule has 0 saturated heterocycles. The summed E-state index contributed by atoms with van der Waals surface area (Å²) in [6.45, 7) is 21.8. The number of rotatable bonds is 18. The Morgan fingerprint density at radius 1 is 0.470 bits per heavy atom. The van der Waals surface area contributed by atoms with Crippen molar-refractivity contribution in [3.8, 4) is 11.5 Å². The molecule has 8 aliphatic rings. The fraction of sp³-hybridized carbons (Fsp3) is 0.903. The van der Waals surface area contributed by atoms with E-state index < -0.39 is 0 Å². The van der Waals surface area contributed by atoms with Crippen molar-refractivity contribution < 1.29 is 19.7 Å². The molecule has 0 radical (unpaired) electrons. The van der Waals surface area contributed by atoms with Crippen molar-refractivity contribution in [1.82, 2.24) is 0 Å². The lowest BCUT2D eigenvalue weighted by molar-refractivity contribution is -0.114. The highest BCUT2D eigenvalue weighted by molar-refractivity contribution is 5.46. The van der Waals surface area contributed by atoms with Gasteiger partial charge in [0.1, 0.15) is 11.5 Å². The molecule has 0 aromatic heterocycles. The van der Waals surface area contributed by atoms with Gasteiger partial charge in [-0.3, -0.25) is 0 Å². The molecule has 0 heterocycles. The Hall–Kier alpha value is -1.26. The fourth-order valence-corrected chi connectivity index (χ4v) is 20.3. The molecule has 4 unspecified atom stereocenters. The van der Waals surface area contributed by atoms with E-state index in [1.54, 1.807) is 0 Å². The molecule has 4 heteroatoms. The third-order valence-corrected chi connectivity index (χ3v) is 24.0. The summed E-state index contributed by atoms with van der Waals surface area (Å²) < 4.78 is 12.9. The Balaban J connectivity index is 0.698. The molecule has 8 fully saturated rings. The molecular weight excluding hydrogens is 809 g/mol. The van der Waals surface area contributed by atoms with Crippen molar-refractivity contribution in [1.29, 1.82) is 0 Å². The van der Waals surface area contributed by atoms with E-state index in [1.165, 1.54) is 167 Å². The van der Waals surface area contributed by atoms with Crippen LogP contribution in [0, 0.1) is 105 Å². The molecule has 8 saturated carbocycles. The molecular formula is C62H102O4. The lowest BCUT2D eigenvalue weighted by atomic mass is 9.44. The predicted octanol–water partition coefficient (Wildman–Crippen LogP) is 16.4. The summed E-state index contributed by atoms with van der Waals surface area (Å²) in [4.78, 5) is 0. The average Bonchev–Trinajstić information content (AvgIpc) is 3.86. The number of aliphatic hydroxyl groups is 2. The van der Waals surface area contributed by atoms with E-state index in [-0.39, 0.29) is 13.2 Å². The van der Waals surface area contributed by atoms with Gasteiger partial charge in [0.05, 0.1) is 26.4 Å². The average molecular weight is 911 g/mol. The molecule has 2 N–H and O–H groups in total. The first-order valence-corrected chi connectivity index (χ1v) is 29.4. The highest BCUT2D eigenvalue weighted by Gasteiger charge is 2.61. The van der Waals surface area contributed by atoms with Gasteiger partial charge >= 0.3 is 0 Å². The zero-order chi connectivity index (χ0) is 46.4. The van der Waals surface area contributed by atoms with Crippen molar-refractivity contribution in [2.75, 3.05) is 13.2 Å². The smallest absolute Gasteiger partial charge is 0.125 e. The van der Waals surface area contributed by atoms with E-state index in [0.29, 0.717) is 58.2 Å². The van der Waals surface area contributed by atoms with Crippen molar-refractivity contribution in [2.45, 2.75) is 236 Å². The van der Waals surface area contributed by atoms with Gasteiger partial charge in [-0.1, -0.05) is 107 Å². The number of ether oxygens (including phenoxy) is 2. The predicted molar refractivity (Wildman–Crippen MR) is 273 cm³/mol. The number of benzene rings is 1. The molecule has 9 rings (SSSR count). The molecule has 66 heavy (non-hydrogen) atoms. The van der Waals surface area contributed by atoms with E-state index >= 15 is 0 Å². The molecule has 18 atom stereocenters.